The van der Waals surface area contributed by atoms with E-state index in [-0.39, 0.29) is 35.8 Å². The van der Waals surface area contributed by atoms with Crippen LogP contribution in [0.25, 0.3) is 5.69 Å². The third-order valence-electron chi connectivity index (χ3n) is 8.56. The summed E-state index contributed by atoms with van der Waals surface area (Å²) in [6.45, 7) is 8.69. The van der Waals surface area contributed by atoms with E-state index in [2.05, 4.69) is 0 Å². The van der Waals surface area contributed by atoms with E-state index in [4.69, 9.17) is 15.2 Å². The molecular formula is C39H42FN3O6. The van der Waals surface area contributed by atoms with Gasteiger partial charge in [-0.1, -0.05) is 44.0 Å². The molecule has 9 nitrogen and oxygen atoms in total. The number of halogens is 1. The van der Waals surface area contributed by atoms with Crippen molar-refractivity contribution in [2.45, 2.75) is 84.8 Å². The zero-order valence-electron chi connectivity index (χ0n) is 28.5. The van der Waals surface area contributed by atoms with E-state index in [1.54, 1.807) is 65.0 Å². The zero-order valence-corrected chi connectivity index (χ0v) is 28.5. The van der Waals surface area contributed by atoms with Crippen molar-refractivity contribution in [3.05, 3.63) is 117 Å². The molecule has 1 saturated carbocycles. The van der Waals surface area contributed by atoms with E-state index >= 15 is 0 Å². The van der Waals surface area contributed by atoms with Crippen molar-refractivity contribution < 1.29 is 28.2 Å². The Morgan fingerprint density at radius 3 is 2.31 bits per heavy atom. The Bertz CT molecular complexity index is 1940. The quantitative estimate of drug-likeness (QED) is 0.109. The predicted molar refractivity (Wildman–Crippen MR) is 187 cm³/mol. The summed E-state index contributed by atoms with van der Waals surface area (Å²) >= 11 is 0. The van der Waals surface area contributed by atoms with Gasteiger partial charge in [0.05, 0.1) is 23.5 Å². The van der Waals surface area contributed by atoms with Crippen LogP contribution in [0.4, 0.5) is 20.7 Å². The molecule has 5 rings (SSSR count). The van der Waals surface area contributed by atoms with Crippen molar-refractivity contribution in [1.29, 1.82) is 0 Å². The number of nitrogen functional groups attached to an aromatic ring is 1. The molecule has 0 bridgehead atoms. The van der Waals surface area contributed by atoms with Crippen molar-refractivity contribution in [2.24, 2.45) is 0 Å². The van der Waals surface area contributed by atoms with Crippen LogP contribution in [0.1, 0.15) is 98.3 Å². The van der Waals surface area contributed by atoms with Crippen LogP contribution in [0.3, 0.4) is 0 Å². The number of amides is 1. The predicted octanol–water partition coefficient (Wildman–Crippen LogP) is 8.01. The van der Waals surface area contributed by atoms with E-state index in [0.29, 0.717) is 28.3 Å². The molecule has 0 spiro atoms. The number of hydrogen-bond donors (Lipinski definition) is 1. The van der Waals surface area contributed by atoms with Gasteiger partial charge in [-0.25, -0.2) is 9.18 Å². The minimum atomic E-state index is -0.795. The first kappa shape index (κ1) is 35.1. The fourth-order valence-corrected chi connectivity index (χ4v) is 6.06. The molecule has 1 amide bonds. The molecule has 1 aliphatic rings. The van der Waals surface area contributed by atoms with Gasteiger partial charge in [0, 0.05) is 23.6 Å². The highest BCUT2D eigenvalue weighted by Crippen LogP contribution is 2.44. The van der Waals surface area contributed by atoms with Gasteiger partial charge in [-0.15, -0.1) is 0 Å². The van der Waals surface area contributed by atoms with Gasteiger partial charge in [0.15, 0.2) is 11.5 Å². The van der Waals surface area contributed by atoms with Crippen molar-refractivity contribution in [1.82, 2.24) is 4.57 Å². The molecule has 1 fully saturated rings. The highest BCUT2D eigenvalue weighted by atomic mass is 19.1. The number of rotatable bonds is 9. The molecule has 2 N–H and O–H groups in total. The van der Waals surface area contributed by atoms with E-state index in [9.17, 15) is 23.6 Å². The third-order valence-corrected chi connectivity index (χ3v) is 8.56. The minimum absolute atomic E-state index is 0.0614. The van der Waals surface area contributed by atoms with Gasteiger partial charge in [-0.05, 0) is 100 Å². The third kappa shape index (κ3) is 7.91. The van der Waals surface area contributed by atoms with Gasteiger partial charge in [-0.3, -0.25) is 23.9 Å². The number of benzene rings is 3. The molecule has 0 aliphatic heterocycles. The first-order chi connectivity index (χ1) is 23.3. The molecule has 1 aromatic heterocycles. The average molecular weight is 668 g/mol. The SMILES string of the molecule is CCC(=O)Oc1c(C2CCCC2)cccc1N(Cc1ccc(-n2c(N)c(C(=O)c3ccc(F)c(C)c3)ccc2=O)cc1)C(=O)OC(C)(C)C. The van der Waals surface area contributed by atoms with E-state index < -0.39 is 34.8 Å². The Morgan fingerprint density at radius 2 is 1.67 bits per heavy atom. The maximum atomic E-state index is 13.8. The van der Waals surface area contributed by atoms with Gasteiger partial charge >= 0.3 is 12.1 Å². The molecule has 49 heavy (non-hydrogen) atoms. The molecular weight excluding hydrogens is 625 g/mol. The Balaban J connectivity index is 1.51. The summed E-state index contributed by atoms with van der Waals surface area (Å²) in [6, 6.07) is 19.1. The van der Waals surface area contributed by atoms with Crippen molar-refractivity contribution in [2.75, 3.05) is 10.6 Å². The van der Waals surface area contributed by atoms with Crippen LogP contribution in [0.15, 0.2) is 77.6 Å². The van der Waals surface area contributed by atoms with Crippen LogP contribution in [-0.4, -0.2) is 28.0 Å². The summed E-state index contributed by atoms with van der Waals surface area (Å²) in [7, 11) is 0. The van der Waals surface area contributed by atoms with Crippen LogP contribution in [0.5, 0.6) is 5.75 Å². The maximum Gasteiger partial charge on any atom is 0.415 e. The lowest BCUT2D eigenvalue weighted by atomic mass is 9.95. The maximum absolute atomic E-state index is 13.8. The van der Waals surface area contributed by atoms with Gasteiger partial charge in [-0.2, -0.15) is 0 Å². The summed E-state index contributed by atoms with van der Waals surface area (Å²) in [6.07, 6.45) is 3.64. The summed E-state index contributed by atoms with van der Waals surface area (Å²) in [5, 5.41) is 0. The van der Waals surface area contributed by atoms with Crippen molar-refractivity contribution >= 4 is 29.4 Å². The molecule has 3 aromatic carbocycles. The lowest BCUT2D eigenvalue weighted by Crippen LogP contribution is -2.37. The molecule has 0 unspecified atom stereocenters. The van der Waals surface area contributed by atoms with Gasteiger partial charge < -0.3 is 15.2 Å². The molecule has 10 heteroatoms. The van der Waals surface area contributed by atoms with Gasteiger partial charge in [0.25, 0.3) is 5.56 Å². The molecule has 1 heterocycles. The molecule has 0 atom stereocenters. The number of nitrogens with two attached hydrogens (primary N) is 1. The Labute approximate surface area is 285 Å². The zero-order chi connectivity index (χ0) is 35.5. The number of ether oxygens (including phenoxy) is 2. The number of ketones is 1. The van der Waals surface area contributed by atoms with Crippen LogP contribution in [-0.2, 0) is 16.1 Å². The number of aromatic nitrogens is 1. The number of carbonyl (C=O) groups is 3. The monoisotopic (exact) mass is 667 g/mol. The average Bonchev–Trinajstić information content (AvgIpc) is 3.60. The fourth-order valence-electron chi connectivity index (χ4n) is 6.06. The number of aryl methyl sites for hydroxylation is 1. The minimum Gasteiger partial charge on any atom is -0.443 e. The fraction of sp³-hybridized carbons (Fsp3) is 0.333. The smallest absolute Gasteiger partial charge is 0.415 e. The highest BCUT2D eigenvalue weighted by molar-refractivity contribution is 6.11. The Morgan fingerprint density at radius 1 is 0.980 bits per heavy atom. The number of hydrogen-bond acceptors (Lipinski definition) is 7. The Hall–Kier alpha value is -5.25. The number of para-hydroxylation sites is 1. The van der Waals surface area contributed by atoms with E-state index in [1.807, 2.05) is 12.1 Å². The molecule has 0 radical (unpaired) electrons. The molecule has 0 saturated heterocycles. The lowest BCUT2D eigenvalue weighted by molar-refractivity contribution is -0.134. The second kappa shape index (κ2) is 14.5. The van der Waals surface area contributed by atoms with Crippen LogP contribution < -0.4 is 20.9 Å². The van der Waals surface area contributed by atoms with Crippen LogP contribution in [0.2, 0.25) is 0 Å². The van der Waals surface area contributed by atoms with E-state index in [0.717, 1.165) is 31.2 Å². The van der Waals surface area contributed by atoms with Crippen molar-refractivity contribution in [3.63, 3.8) is 0 Å². The first-order valence-corrected chi connectivity index (χ1v) is 16.5. The molecule has 1 aliphatic carbocycles. The standard InChI is InChI=1S/C39H42FN3O6/c1-6-34(45)48-36-29(26-10-7-8-11-26)12-9-13-32(36)42(38(47)49-39(3,4)5)23-25-14-17-28(18-15-25)43-33(44)21-19-30(37(43)41)35(46)27-16-20-31(40)24(2)22-27/h9,12-22,26H,6-8,10-11,23,41H2,1-5H3. The lowest BCUT2D eigenvalue weighted by Gasteiger charge is -2.30. The van der Waals surface area contributed by atoms with Crippen molar-refractivity contribution in [3.8, 4) is 11.4 Å². The largest absolute Gasteiger partial charge is 0.443 e. The second-order valence-electron chi connectivity index (χ2n) is 13.3. The van der Waals surface area contributed by atoms with Gasteiger partial charge in [0.2, 0.25) is 0 Å². The first-order valence-electron chi connectivity index (χ1n) is 16.5. The number of anilines is 2. The number of carbonyl (C=O) groups excluding carboxylic acids is 3. The molecule has 256 valence electrons. The number of pyridine rings is 1. The number of nitrogens with zero attached hydrogens (tertiary/aromatic N) is 2. The van der Waals surface area contributed by atoms with Gasteiger partial charge in [0.1, 0.15) is 17.2 Å². The van der Waals surface area contributed by atoms with E-state index in [1.165, 1.54) is 39.8 Å². The number of esters is 1. The molecule has 4 aromatic rings. The van der Waals surface area contributed by atoms with Crippen LogP contribution >= 0.6 is 0 Å². The highest BCUT2D eigenvalue weighted by Gasteiger charge is 2.30. The second-order valence-corrected chi connectivity index (χ2v) is 13.3. The topological polar surface area (TPSA) is 121 Å². The Kier molecular flexibility index (Phi) is 10.4. The summed E-state index contributed by atoms with van der Waals surface area (Å²) in [5.41, 5.74) is 8.23. The summed E-state index contributed by atoms with van der Waals surface area (Å²) in [5.74, 6) is -0.774. The summed E-state index contributed by atoms with van der Waals surface area (Å²) < 4.78 is 26.8. The summed E-state index contributed by atoms with van der Waals surface area (Å²) in [4.78, 5) is 54.2. The normalized spacial score (nSPS) is 13.3. The van der Waals surface area contributed by atoms with Crippen LogP contribution in [0, 0.1) is 12.7 Å².